The van der Waals surface area contributed by atoms with Gasteiger partial charge in [0.2, 0.25) is 0 Å². The minimum atomic E-state index is -0.427. The first-order valence-corrected chi connectivity index (χ1v) is 6.80. The Hall–Kier alpha value is -1.91. The molecule has 0 spiro atoms. The zero-order chi connectivity index (χ0) is 15.4. The SMILES string of the molecule is COc1ccccc1NC(=O)c1c(Cl)ccc(Cl)c1OC. The van der Waals surface area contributed by atoms with E-state index in [1.54, 1.807) is 36.4 Å². The zero-order valence-corrected chi connectivity index (χ0v) is 13.0. The predicted octanol–water partition coefficient (Wildman–Crippen LogP) is 4.26. The smallest absolute Gasteiger partial charge is 0.261 e. The third kappa shape index (κ3) is 3.23. The summed E-state index contributed by atoms with van der Waals surface area (Å²) in [6, 6.07) is 10.2. The van der Waals surface area contributed by atoms with E-state index in [-0.39, 0.29) is 16.3 Å². The number of carbonyl (C=O) groups is 1. The molecule has 0 unspecified atom stereocenters. The lowest BCUT2D eigenvalue weighted by atomic mass is 10.1. The van der Waals surface area contributed by atoms with Crippen LogP contribution < -0.4 is 14.8 Å². The fourth-order valence-corrected chi connectivity index (χ4v) is 2.35. The fourth-order valence-electron chi connectivity index (χ4n) is 1.88. The van der Waals surface area contributed by atoms with E-state index in [4.69, 9.17) is 32.7 Å². The molecule has 1 N–H and O–H groups in total. The number of hydrogen-bond acceptors (Lipinski definition) is 3. The van der Waals surface area contributed by atoms with Gasteiger partial charge in [-0.1, -0.05) is 35.3 Å². The molecule has 2 aromatic carbocycles. The lowest BCUT2D eigenvalue weighted by Gasteiger charge is -2.14. The summed E-state index contributed by atoms with van der Waals surface area (Å²) in [5.41, 5.74) is 0.709. The van der Waals surface area contributed by atoms with Crippen molar-refractivity contribution in [3.63, 3.8) is 0 Å². The normalized spacial score (nSPS) is 10.1. The Labute approximate surface area is 132 Å². The van der Waals surface area contributed by atoms with E-state index in [2.05, 4.69) is 5.32 Å². The summed E-state index contributed by atoms with van der Waals surface area (Å²) in [5, 5.41) is 3.30. The summed E-state index contributed by atoms with van der Waals surface area (Å²) < 4.78 is 10.4. The number of ether oxygens (including phenoxy) is 2. The van der Waals surface area contributed by atoms with Crippen LogP contribution in [0.1, 0.15) is 10.4 Å². The Balaban J connectivity index is 2.39. The van der Waals surface area contributed by atoms with E-state index in [0.29, 0.717) is 16.5 Å². The van der Waals surface area contributed by atoms with Gasteiger partial charge in [-0.25, -0.2) is 0 Å². The number of benzene rings is 2. The van der Waals surface area contributed by atoms with Gasteiger partial charge >= 0.3 is 0 Å². The molecule has 0 atom stereocenters. The summed E-state index contributed by atoms with van der Waals surface area (Å²) in [6.45, 7) is 0. The van der Waals surface area contributed by atoms with Crippen LogP contribution >= 0.6 is 23.2 Å². The lowest BCUT2D eigenvalue weighted by molar-refractivity contribution is 0.102. The van der Waals surface area contributed by atoms with Gasteiger partial charge in [0.15, 0.2) is 5.75 Å². The number of amides is 1. The summed E-state index contributed by atoms with van der Waals surface area (Å²) in [7, 11) is 2.95. The summed E-state index contributed by atoms with van der Waals surface area (Å²) in [5.74, 6) is 0.350. The van der Waals surface area contributed by atoms with E-state index < -0.39 is 5.91 Å². The second kappa shape index (κ2) is 6.70. The molecule has 21 heavy (non-hydrogen) atoms. The Bertz CT molecular complexity index is 674. The molecule has 4 nitrogen and oxygen atoms in total. The molecule has 0 aliphatic heterocycles. The van der Waals surface area contributed by atoms with Crippen molar-refractivity contribution in [2.24, 2.45) is 0 Å². The van der Waals surface area contributed by atoms with Crippen LogP contribution in [0.25, 0.3) is 0 Å². The molecule has 0 fully saturated rings. The quantitative estimate of drug-likeness (QED) is 0.913. The van der Waals surface area contributed by atoms with Crippen LogP contribution in [0.15, 0.2) is 36.4 Å². The number of methoxy groups -OCH3 is 2. The van der Waals surface area contributed by atoms with E-state index in [1.165, 1.54) is 14.2 Å². The highest BCUT2D eigenvalue weighted by Gasteiger charge is 2.20. The van der Waals surface area contributed by atoms with Crippen molar-refractivity contribution in [3.05, 3.63) is 52.0 Å². The molecule has 2 rings (SSSR count). The predicted molar refractivity (Wildman–Crippen MR) is 84.0 cm³/mol. The fraction of sp³-hybridized carbons (Fsp3) is 0.133. The number of anilines is 1. The van der Waals surface area contributed by atoms with Crippen molar-refractivity contribution in [2.45, 2.75) is 0 Å². The van der Waals surface area contributed by atoms with Gasteiger partial charge in [0.25, 0.3) is 5.91 Å². The summed E-state index contributed by atoms with van der Waals surface area (Å²) in [6.07, 6.45) is 0. The Morgan fingerprint density at radius 3 is 2.33 bits per heavy atom. The number of halogens is 2. The average molecular weight is 326 g/mol. The topological polar surface area (TPSA) is 47.6 Å². The minimum absolute atomic E-state index is 0.178. The van der Waals surface area contributed by atoms with Gasteiger partial charge in [0, 0.05) is 0 Å². The van der Waals surface area contributed by atoms with Crippen molar-refractivity contribution in [1.82, 2.24) is 0 Å². The van der Waals surface area contributed by atoms with Crippen LogP contribution in [-0.4, -0.2) is 20.1 Å². The molecule has 6 heteroatoms. The van der Waals surface area contributed by atoms with E-state index in [1.807, 2.05) is 0 Å². The van der Waals surface area contributed by atoms with Gasteiger partial charge in [-0.05, 0) is 24.3 Å². The molecule has 0 radical (unpaired) electrons. The van der Waals surface area contributed by atoms with E-state index >= 15 is 0 Å². The van der Waals surface area contributed by atoms with Crippen molar-refractivity contribution in [3.8, 4) is 11.5 Å². The molecule has 0 heterocycles. The number of hydrogen-bond donors (Lipinski definition) is 1. The second-order valence-corrected chi connectivity index (χ2v) is 4.91. The lowest BCUT2D eigenvalue weighted by Crippen LogP contribution is -2.14. The van der Waals surface area contributed by atoms with Gasteiger partial charge in [-0.15, -0.1) is 0 Å². The Morgan fingerprint density at radius 1 is 1.00 bits per heavy atom. The third-order valence-corrected chi connectivity index (χ3v) is 3.46. The molecule has 0 aliphatic rings. The maximum atomic E-state index is 12.4. The highest BCUT2D eigenvalue weighted by Crippen LogP contribution is 2.35. The number of para-hydroxylation sites is 2. The van der Waals surface area contributed by atoms with Crippen LogP contribution in [-0.2, 0) is 0 Å². The number of carbonyl (C=O) groups excluding carboxylic acids is 1. The van der Waals surface area contributed by atoms with Gasteiger partial charge in [-0.2, -0.15) is 0 Å². The Morgan fingerprint density at radius 2 is 1.67 bits per heavy atom. The van der Waals surface area contributed by atoms with Gasteiger partial charge in [0.05, 0.1) is 30.0 Å². The maximum absolute atomic E-state index is 12.4. The number of rotatable bonds is 4. The van der Waals surface area contributed by atoms with Gasteiger partial charge in [-0.3, -0.25) is 4.79 Å². The molecular formula is C15H13Cl2NO3. The first-order chi connectivity index (χ1) is 10.1. The number of nitrogens with one attached hydrogen (secondary N) is 1. The first-order valence-electron chi connectivity index (χ1n) is 6.04. The highest BCUT2D eigenvalue weighted by molar-refractivity contribution is 6.37. The van der Waals surface area contributed by atoms with Crippen molar-refractivity contribution in [1.29, 1.82) is 0 Å². The van der Waals surface area contributed by atoms with Crippen molar-refractivity contribution < 1.29 is 14.3 Å². The van der Waals surface area contributed by atoms with Gasteiger partial charge < -0.3 is 14.8 Å². The van der Waals surface area contributed by atoms with Crippen LogP contribution in [0.5, 0.6) is 11.5 Å². The molecule has 0 aromatic heterocycles. The van der Waals surface area contributed by atoms with Gasteiger partial charge in [0.1, 0.15) is 11.3 Å². The molecule has 0 saturated carbocycles. The van der Waals surface area contributed by atoms with Crippen LogP contribution in [0, 0.1) is 0 Å². The zero-order valence-electron chi connectivity index (χ0n) is 11.4. The van der Waals surface area contributed by atoms with Crippen LogP contribution in [0.3, 0.4) is 0 Å². The van der Waals surface area contributed by atoms with Crippen molar-refractivity contribution in [2.75, 3.05) is 19.5 Å². The van der Waals surface area contributed by atoms with E-state index in [0.717, 1.165) is 0 Å². The third-order valence-electron chi connectivity index (χ3n) is 2.85. The second-order valence-electron chi connectivity index (χ2n) is 4.09. The largest absolute Gasteiger partial charge is 0.495 e. The van der Waals surface area contributed by atoms with Crippen molar-refractivity contribution >= 4 is 34.8 Å². The molecule has 1 amide bonds. The van der Waals surface area contributed by atoms with Crippen LogP contribution in [0.4, 0.5) is 5.69 Å². The Kier molecular flexibility index (Phi) is 4.94. The van der Waals surface area contributed by atoms with Crippen LogP contribution in [0.2, 0.25) is 10.0 Å². The minimum Gasteiger partial charge on any atom is -0.495 e. The first kappa shape index (κ1) is 15.5. The monoisotopic (exact) mass is 325 g/mol. The molecular weight excluding hydrogens is 313 g/mol. The molecule has 2 aromatic rings. The molecule has 0 aliphatic carbocycles. The highest BCUT2D eigenvalue weighted by atomic mass is 35.5. The molecule has 110 valence electrons. The summed E-state index contributed by atoms with van der Waals surface area (Å²) in [4.78, 5) is 12.4. The standard InChI is InChI=1S/C15H13Cl2NO3/c1-20-12-6-4-3-5-11(12)18-15(19)13-9(16)7-8-10(17)14(13)21-2/h3-8H,1-2H3,(H,18,19). The average Bonchev–Trinajstić information content (AvgIpc) is 2.49. The van der Waals surface area contributed by atoms with E-state index in [9.17, 15) is 4.79 Å². The maximum Gasteiger partial charge on any atom is 0.261 e. The molecule has 0 saturated heterocycles. The molecule has 0 bridgehead atoms. The summed E-state index contributed by atoms with van der Waals surface area (Å²) >= 11 is 12.1.